The van der Waals surface area contributed by atoms with Gasteiger partial charge in [0.25, 0.3) is 0 Å². The number of aromatic carboxylic acids is 1. The number of imidazole rings is 1. The molecule has 0 bridgehead atoms. The third-order valence-corrected chi connectivity index (χ3v) is 3.76. The lowest BCUT2D eigenvalue weighted by Gasteiger charge is -2.24. The van der Waals surface area contributed by atoms with Crippen LogP contribution in [0.5, 0.6) is 0 Å². The van der Waals surface area contributed by atoms with Gasteiger partial charge in [-0.25, -0.2) is 14.6 Å². The minimum atomic E-state index is -1.06. The number of rotatable bonds is 3. The van der Waals surface area contributed by atoms with Crippen LogP contribution >= 0.6 is 0 Å². The number of carbonyl (C=O) groups is 2. The normalized spacial score (nSPS) is 15.1. The van der Waals surface area contributed by atoms with Crippen LogP contribution in [0.1, 0.15) is 51.9 Å². The Bertz CT molecular complexity index is 701. The number of hydrogen-bond acceptors (Lipinski definition) is 4. The quantitative estimate of drug-likeness (QED) is 0.867. The van der Waals surface area contributed by atoms with Crippen LogP contribution in [0.15, 0.2) is 18.3 Å². The van der Waals surface area contributed by atoms with Gasteiger partial charge in [0.05, 0.1) is 18.2 Å². The Morgan fingerprint density at radius 2 is 2.15 bits per heavy atom. The van der Waals surface area contributed by atoms with Crippen molar-refractivity contribution in [2.24, 2.45) is 0 Å². The van der Waals surface area contributed by atoms with Crippen LogP contribution in [-0.4, -0.2) is 33.5 Å². The zero-order chi connectivity index (χ0) is 14.3. The third kappa shape index (κ3) is 1.84. The molecule has 2 aromatic heterocycles. The van der Waals surface area contributed by atoms with Gasteiger partial charge in [-0.1, -0.05) is 6.42 Å². The molecule has 0 saturated heterocycles. The van der Waals surface area contributed by atoms with Crippen LogP contribution in [-0.2, 0) is 4.74 Å². The van der Waals surface area contributed by atoms with E-state index in [0.29, 0.717) is 11.1 Å². The van der Waals surface area contributed by atoms with E-state index in [0.717, 1.165) is 25.1 Å². The van der Waals surface area contributed by atoms with E-state index in [4.69, 9.17) is 4.74 Å². The summed E-state index contributed by atoms with van der Waals surface area (Å²) in [6, 6.07) is 3.16. The molecule has 1 saturated carbocycles. The second-order valence-electron chi connectivity index (χ2n) is 4.92. The summed E-state index contributed by atoms with van der Waals surface area (Å²) in [6.07, 6.45) is 4.73. The molecule has 0 radical (unpaired) electrons. The van der Waals surface area contributed by atoms with Crippen molar-refractivity contribution in [3.05, 3.63) is 35.4 Å². The van der Waals surface area contributed by atoms with Gasteiger partial charge in [-0.15, -0.1) is 0 Å². The lowest BCUT2D eigenvalue weighted by atomic mass is 9.85. The molecule has 20 heavy (non-hydrogen) atoms. The number of methoxy groups -OCH3 is 1. The second kappa shape index (κ2) is 4.63. The molecule has 0 aromatic carbocycles. The van der Waals surface area contributed by atoms with E-state index in [1.165, 1.54) is 7.11 Å². The predicted octanol–water partition coefficient (Wildman–Crippen LogP) is 2.09. The van der Waals surface area contributed by atoms with Gasteiger partial charge in [-0.2, -0.15) is 0 Å². The number of esters is 1. The van der Waals surface area contributed by atoms with Crippen molar-refractivity contribution >= 4 is 17.5 Å². The average Bonchev–Trinajstić information content (AvgIpc) is 2.75. The first kappa shape index (κ1) is 12.7. The van der Waals surface area contributed by atoms with Gasteiger partial charge in [-0.3, -0.25) is 0 Å². The fourth-order valence-corrected chi connectivity index (χ4v) is 2.46. The van der Waals surface area contributed by atoms with Crippen molar-refractivity contribution in [2.75, 3.05) is 7.11 Å². The van der Waals surface area contributed by atoms with Crippen molar-refractivity contribution in [3.63, 3.8) is 0 Å². The lowest BCUT2D eigenvalue weighted by Crippen LogP contribution is -2.13. The molecule has 104 valence electrons. The predicted molar refractivity (Wildman–Crippen MR) is 70.1 cm³/mol. The van der Waals surface area contributed by atoms with E-state index in [9.17, 15) is 14.7 Å². The number of ether oxygens (including phenoxy) is 1. The molecule has 1 aliphatic rings. The zero-order valence-corrected chi connectivity index (χ0v) is 11.0. The molecule has 1 N–H and O–H groups in total. The Morgan fingerprint density at radius 1 is 1.40 bits per heavy atom. The van der Waals surface area contributed by atoms with E-state index in [-0.39, 0.29) is 11.6 Å². The van der Waals surface area contributed by atoms with Gasteiger partial charge >= 0.3 is 11.9 Å². The van der Waals surface area contributed by atoms with Gasteiger partial charge < -0.3 is 14.2 Å². The molecule has 0 amide bonds. The fourth-order valence-electron chi connectivity index (χ4n) is 2.46. The fraction of sp³-hybridized carbons (Fsp3) is 0.357. The summed E-state index contributed by atoms with van der Waals surface area (Å²) in [7, 11) is 1.32. The Kier molecular flexibility index (Phi) is 2.93. The molecule has 0 spiro atoms. The first-order chi connectivity index (χ1) is 9.61. The average molecular weight is 274 g/mol. The number of carbonyl (C=O) groups excluding carboxylic acids is 1. The molecule has 0 unspecified atom stereocenters. The minimum Gasteiger partial charge on any atom is -0.476 e. The molecule has 2 aromatic rings. The highest BCUT2D eigenvalue weighted by Gasteiger charge is 2.27. The molecule has 0 aliphatic heterocycles. The number of carboxylic acid groups (broad SMARTS) is 1. The molecular formula is C14H14N2O4. The van der Waals surface area contributed by atoms with E-state index in [1.54, 1.807) is 22.7 Å². The van der Waals surface area contributed by atoms with Gasteiger partial charge in [0, 0.05) is 12.1 Å². The lowest BCUT2D eigenvalue weighted by molar-refractivity contribution is 0.0599. The van der Waals surface area contributed by atoms with E-state index < -0.39 is 11.9 Å². The molecule has 6 heteroatoms. The maximum Gasteiger partial charge on any atom is 0.356 e. The highest BCUT2D eigenvalue weighted by molar-refractivity contribution is 5.95. The monoisotopic (exact) mass is 274 g/mol. The van der Waals surface area contributed by atoms with E-state index >= 15 is 0 Å². The van der Waals surface area contributed by atoms with Gasteiger partial charge in [0.1, 0.15) is 5.82 Å². The molecule has 3 rings (SSSR count). The van der Waals surface area contributed by atoms with Gasteiger partial charge in [-0.05, 0) is 25.0 Å². The maximum atomic E-state index is 11.6. The van der Waals surface area contributed by atoms with Crippen LogP contribution in [0.2, 0.25) is 0 Å². The van der Waals surface area contributed by atoms with E-state index in [1.807, 2.05) is 0 Å². The Hall–Kier alpha value is -2.37. The van der Waals surface area contributed by atoms with Crippen LogP contribution in [0.4, 0.5) is 0 Å². The van der Waals surface area contributed by atoms with Crippen LogP contribution in [0.3, 0.4) is 0 Å². The largest absolute Gasteiger partial charge is 0.476 e. The van der Waals surface area contributed by atoms with Crippen LogP contribution in [0, 0.1) is 0 Å². The molecule has 6 nitrogen and oxygen atoms in total. The summed E-state index contributed by atoms with van der Waals surface area (Å²) in [4.78, 5) is 27.1. The van der Waals surface area contributed by atoms with Gasteiger partial charge in [0.2, 0.25) is 0 Å². The number of nitrogens with zero attached hydrogens (tertiary/aromatic N) is 2. The van der Waals surface area contributed by atoms with Crippen molar-refractivity contribution in [1.82, 2.24) is 9.38 Å². The first-order valence-electron chi connectivity index (χ1n) is 6.45. The number of pyridine rings is 1. The Balaban J connectivity index is 2.20. The summed E-state index contributed by atoms with van der Waals surface area (Å²) in [5, 5.41) is 9.23. The molecule has 1 aliphatic carbocycles. The van der Waals surface area contributed by atoms with Gasteiger partial charge in [0.15, 0.2) is 5.69 Å². The molecular weight excluding hydrogens is 260 g/mol. The minimum absolute atomic E-state index is 0.0308. The van der Waals surface area contributed by atoms with Crippen LogP contribution < -0.4 is 0 Å². The summed E-state index contributed by atoms with van der Waals surface area (Å²) < 4.78 is 6.40. The number of fused-ring (bicyclic) bond motifs is 1. The van der Waals surface area contributed by atoms with Crippen molar-refractivity contribution in [1.29, 1.82) is 0 Å². The number of carboxylic acids is 1. The van der Waals surface area contributed by atoms with E-state index in [2.05, 4.69) is 4.98 Å². The molecule has 0 atom stereocenters. The third-order valence-electron chi connectivity index (χ3n) is 3.76. The maximum absolute atomic E-state index is 11.6. The summed E-state index contributed by atoms with van der Waals surface area (Å²) in [5.74, 6) is -0.520. The standard InChI is InChI=1S/C14H14N2O4/c1-20-14(19)9-5-6-10-11(13(17)18)15-12(16(10)7-9)8-3-2-4-8/h5-8H,2-4H2,1H3,(H,17,18). The van der Waals surface area contributed by atoms with Crippen molar-refractivity contribution in [3.8, 4) is 0 Å². The smallest absolute Gasteiger partial charge is 0.356 e. The second-order valence-corrected chi connectivity index (χ2v) is 4.92. The summed E-state index contributed by atoms with van der Waals surface area (Å²) in [5.41, 5.74) is 0.922. The summed E-state index contributed by atoms with van der Waals surface area (Å²) in [6.45, 7) is 0. The summed E-state index contributed by atoms with van der Waals surface area (Å²) >= 11 is 0. The highest BCUT2D eigenvalue weighted by atomic mass is 16.5. The highest BCUT2D eigenvalue weighted by Crippen LogP contribution is 2.36. The van der Waals surface area contributed by atoms with Crippen molar-refractivity contribution < 1.29 is 19.4 Å². The zero-order valence-electron chi connectivity index (χ0n) is 11.0. The number of hydrogen-bond donors (Lipinski definition) is 1. The topological polar surface area (TPSA) is 80.9 Å². The number of aromatic nitrogens is 2. The Labute approximate surface area is 115 Å². The van der Waals surface area contributed by atoms with Crippen LogP contribution in [0.25, 0.3) is 5.52 Å². The molecule has 1 fully saturated rings. The SMILES string of the molecule is COC(=O)c1ccc2c(C(=O)O)nc(C3CCC3)n2c1. The first-order valence-corrected chi connectivity index (χ1v) is 6.45. The Morgan fingerprint density at radius 3 is 2.70 bits per heavy atom. The molecule has 2 heterocycles. The van der Waals surface area contributed by atoms with Crippen molar-refractivity contribution in [2.45, 2.75) is 25.2 Å².